The van der Waals surface area contributed by atoms with Gasteiger partial charge in [0.1, 0.15) is 6.33 Å². The molecule has 0 aliphatic heterocycles. The molecule has 0 radical (unpaired) electrons. The summed E-state index contributed by atoms with van der Waals surface area (Å²) in [5, 5.41) is 17.0. The third-order valence-electron chi connectivity index (χ3n) is 3.03. The molecule has 0 saturated carbocycles. The summed E-state index contributed by atoms with van der Waals surface area (Å²) in [4.78, 5) is 12.0. The van der Waals surface area contributed by atoms with Crippen molar-refractivity contribution in [3.05, 3.63) is 30.1 Å². The average molecular weight is 311 g/mol. The fourth-order valence-corrected chi connectivity index (χ4v) is 1.87. The van der Waals surface area contributed by atoms with Crippen LogP contribution in [0.1, 0.15) is 12.5 Å². The first-order chi connectivity index (χ1) is 9.61. The first kappa shape index (κ1) is 17.1. The molecule has 0 saturated heterocycles. The second-order valence-electron chi connectivity index (χ2n) is 4.70. The van der Waals surface area contributed by atoms with Gasteiger partial charge in [0.25, 0.3) is 0 Å². The van der Waals surface area contributed by atoms with Crippen molar-refractivity contribution in [1.29, 1.82) is 0 Å². The van der Waals surface area contributed by atoms with Gasteiger partial charge in [-0.05, 0) is 42.1 Å². The maximum atomic E-state index is 12.0. The van der Waals surface area contributed by atoms with Crippen LogP contribution in [0.2, 0.25) is 0 Å². The first-order valence-electron chi connectivity index (χ1n) is 6.41. The van der Waals surface area contributed by atoms with Crippen LogP contribution in [0.4, 0.5) is 5.69 Å². The molecule has 2 N–H and O–H groups in total. The Hall–Kier alpha value is -1.99. The summed E-state index contributed by atoms with van der Waals surface area (Å²) < 4.78 is 1.57. The van der Waals surface area contributed by atoms with Crippen LogP contribution in [-0.4, -0.2) is 39.7 Å². The lowest BCUT2D eigenvalue weighted by Crippen LogP contribution is -2.28. The Morgan fingerprint density at radius 1 is 1.43 bits per heavy atom. The molecular weight excluding hydrogens is 292 g/mol. The number of carbonyl (C=O) groups is 1. The molecule has 0 fully saturated rings. The molecule has 0 aliphatic rings. The highest BCUT2D eigenvalue weighted by Gasteiger charge is 2.13. The van der Waals surface area contributed by atoms with Crippen molar-refractivity contribution in [1.82, 2.24) is 25.5 Å². The topological polar surface area (TPSA) is 84.7 Å². The van der Waals surface area contributed by atoms with Crippen LogP contribution < -0.4 is 10.6 Å². The number of tetrazole rings is 1. The summed E-state index contributed by atoms with van der Waals surface area (Å²) in [6, 6.07) is 5.65. The molecule has 21 heavy (non-hydrogen) atoms. The lowest BCUT2D eigenvalue weighted by atomic mass is 10.1. The predicted molar refractivity (Wildman–Crippen MR) is 82.9 cm³/mol. The number of benzene rings is 1. The molecule has 1 unspecified atom stereocenters. The van der Waals surface area contributed by atoms with Crippen molar-refractivity contribution < 1.29 is 4.79 Å². The van der Waals surface area contributed by atoms with E-state index in [4.69, 9.17) is 0 Å². The number of carbonyl (C=O) groups excluding carboxylic acids is 1. The first-order valence-corrected chi connectivity index (χ1v) is 6.41. The summed E-state index contributed by atoms with van der Waals surface area (Å²) >= 11 is 0. The number of aromatic nitrogens is 4. The Morgan fingerprint density at radius 2 is 2.19 bits per heavy atom. The molecule has 2 aromatic rings. The zero-order valence-corrected chi connectivity index (χ0v) is 13.0. The van der Waals surface area contributed by atoms with Gasteiger partial charge in [0.2, 0.25) is 5.91 Å². The highest BCUT2D eigenvalue weighted by atomic mass is 35.5. The smallest absolute Gasteiger partial charge is 0.228 e. The van der Waals surface area contributed by atoms with Crippen LogP contribution in [0.3, 0.4) is 0 Å². The van der Waals surface area contributed by atoms with Gasteiger partial charge in [-0.2, -0.15) is 0 Å². The number of nitrogens with one attached hydrogen (secondary N) is 2. The third kappa shape index (κ3) is 4.24. The lowest BCUT2D eigenvalue weighted by molar-refractivity contribution is -0.119. The van der Waals surface area contributed by atoms with E-state index in [1.807, 2.05) is 39.1 Å². The van der Waals surface area contributed by atoms with E-state index in [-0.39, 0.29) is 24.2 Å². The molecule has 0 bridgehead atoms. The zero-order chi connectivity index (χ0) is 14.5. The Bertz CT molecular complexity index is 586. The highest BCUT2D eigenvalue weighted by molar-refractivity contribution is 5.92. The Kier molecular flexibility index (Phi) is 6.26. The van der Waals surface area contributed by atoms with Crippen molar-refractivity contribution >= 4 is 24.0 Å². The van der Waals surface area contributed by atoms with E-state index in [1.165, 1.54) is 6.33 Å². The summed E-state index contributed by atoms with van der Waals surface area (Å²) in [6.07, 6.45) is 1.53. The Morgan fingerprint density at radius 3 is 2.81 bits per heavy atom. The predicted octanol–water partition coefficient (Wildman–Crippen LogP) is 1.19. The standard InChI is InChI=1S/C13H18N6O.ClH/c1-9-4-5-11(16-13(20)10(2)7-14-3)6-12(9)19-8-15-17-18-19;/h4-6,8,10,14H,7H2,1-3H3,(H,16,20);1H. The van der Waals surface area contributed by atoms with Crippen molar-refractivity contribution in [2.24, 2.45) is 5.92 Å². The normalized spacial score (nSPS) is 11.6. The second-order valence-corrected chi connectivity index (χ2v) is 4.70. The molecular formula is C13H19ClN6O. The van der Waals surface area contributed by atoms with Gasteiger partial charge in [-0.15, -0.1) is 17.5 Å². The van der Waals surface area contributed by atoms with Gasteiger partial charge in [0, 0.05) is 18.2 Å². The van der Waals surface area contributed by atoms with Gasteiger partial charge in [-0.3, -0.25) is 4.79 Å². The number of amides is 1. The van der Waals surface area contributed by atoms with Crippen LogP contribution in [0.5, 0.6) is 0 Å². The number of rotatable bonds is 5. The largest absolute Gasteiger partial charge is 0.326 e. The number of anilines is 1. The lowest BCUT2D eigenvalue weighted by Gasteiger charge is -2.13. The molecule has 1 amide bonds. The maximum absolute atomic E-state index is 12.0. The van der Waals surface area contributed by atoms with Gasteiger partial charge in [-0.25, -0.2) is 4.68 Å². The van der Waals surface area contributed by atoms with Crippen molar-refractivity contribution in [2.75, 3.05) is 18.9 Å². The number of hydrogen-bond acceptors (Lipinski definition) is 5. The van der Waals surface area contributed by atoms with Crippen molar-refractivity contribution in [3.8, 4) is 5.69 Å². The SMILES string of the molecule is CNCC(C)C(=O)Nc1ccc(C)c(-n2cnnn2)c1.Cl. The molecule has 0 spiro atoms. The number of halogens is 1. The van der Waals surface area contributed by atoms with E-state index < -0.39 is 0 Å². The monoisotopic (exact) mass is 310 g/mol. The molecule has 114 valence electrons. The molecule has 1 aromatic heterocycles. The highest BCUT2D eigenvalue weighted by Crippen LogP contribution is 2.18. The van der Waals surface area contributed by atoms with Crippen LogP contribution in [-0.2, 0) is 4.79 Å². The Labute approximate surface area is 129 Å². The summed E-state index contributed by atoms with van der Waals surface area (Å²) in [7, 11) is 1.82. The van der Waals surface area contributed by atoms with Gasteiger partial charge in [-0.1, -0.05) is 13.0 Å². The summed E-state index contributed by atoms with van der Waals surface area (Å²) in [6.45, 7) is 4.48. The zero-order valence-electron chi connectivity index (χ0n) is 12.2. The molecule has 0 aliphatic carbocycles. The molecule has 8 heteroatoms. The van der Waals surface area contributed by atoms with Crippen LogP contribution >= 0.6 is 12.4 Å². The minimum absolute atomic E-state index is 0. The third-order valence-corrected chi connectivity index (χ3v) is 3.03. The summed E-state index contributed by atoms with van der Waals surface area (Å²) in [5.74, 6) is -0.122. The minimum atomic E-state index is -0.0993. The van der Waals surface area contributed by atoms with Gasteiger partial charge < -0.3 is 10.6 Å². The van der Waals surface area contributed by atoms with Crippen molar-refractivity contribution in [2.45, 2.75) is 13.8 Å². The van der Waals surface area contributed by atoms with Gasteiger partial charge in [0.15, 0.2) is 0 Å². The fourth-order valence-electron chi connectivity index (χ4n) is 1.87. The van der Waals surface area contributed by atoms with E-state index in [0.29, 0.717) is 6.54 Å². The van der Waals surface area contributed by atoms with Crippen LogP contribution in [0, 0.1) is 12.8 Å². The van der Waals surface area contributed by atoms with E-state index in [1.54, 1.807) is 4.68 Å². The van der Waals surface area contributed by atoms with Gasteiger partial charge in [0.05, 0.1) is 5.69 Å². The fraction of sp³-hybridized carbons (Fsp3) is 0.385. The average Bonchev–Trinajstić information content (AvgIpc) is 2.95. The van der Waals surface area contributed by atoms with Crippen LogP contribution in [0.25, 0.3) is 5.69 Å². The second kappa shape index (κ2) is 7.70. The molecule has 2 rings (SSSR count). The molecule has 1 heterocycles. The molecule has 7 nitrogen and oxygen atoms in total. The quantitative estimate of drug-likeness (QED) is 0.866. The number of hydrogen-bond donors (Lipinski definition) is 2. The van der Waals surface area contributed by atoms with Gasteiger partial charge >= 0.3 is 0 Å². The van der Waals surface area contributed by atoms with E-state index >= 15 is 0 Å². The summed E-state index contributed by atoms with van der Waals surface area (Å²) in [5.41, 5.74) is 2.60. The van der Waals surface area contributed by atoms with E-state index in [0.717, 1.165) is 16.9 Å². The molecule has 1 aromatic carbocycles. The number of aryl methyl sites for hydroxylation is 1. The number of nitrogens with zero attached hydrogens (tertiary/aromatic N) is 4. The molecule has 1 atom stereocenters. The Balaban J connectivity index is 0.00000220. The van der Waals surface area contributed by atoms with E-state index in [2.05, 4.69) is 26.2 Å². The van der Waals surface area contributed by atoms with Crippen molar-refractivity contribution in [3.63, 3.8) is 0 Å². The van der Waals surface area contributed by atoms with Crippen LogP contribution in [0.15, 0.2) is 24.5 Å². The minimum Gasteiger partial charge on any atom is -0.326 e. The van der Waals surface area contributed by atoms with E-state index in [9.17, 15) is 4.79 Å². The maximum Gasteiger partial charge on any atom is 0.228 e.